The number of sulfonamides is 1. The molecule has 9 heteroatoms. The van der Waals surface area contributed by atoms with Crippen LogP contribution in [-0.4, -0.2) is 31.4 Å². The first-order chi connectivity index (χ1) is 18.0. The molecule has 0 aliphatic rings. The summed E-state index contributed by atoms with van der Waals surface area (Å²) in [5, 5.41) is 4.81. The van der Waals surface area contributed by atoms with Gasteiger partial charge in [0.05, 0.1) is 24.7 Å². The summed E-state index contributed by atoms with van der Waals surface area (Å²) >= 11 is 6.02. The highest BCUT2D eigenvalue weighted by Gasteiger charge is 2.19. The molecule has 0 saturated heterocycles. The zero-order valence-corrected chi connectivity index (χ0v) is 23.2. The summed E-state index contributed by atoms with van der Waals surface area (Å²) in [6.45, 7) is 6.13. The van der Waals surface area contributed by atoms with E-state index in [1.54, 1.807) is 30.5 Å². The quantitative estimate of drug-likeness (QED) is 0.223. The first-order valence-corrected chi connectivity index (χ1v) is 14.2. The minimum atomic E-state index is -3.54. The fourth-order valence-electron chi connectivity index (χ4n) is 4.25. The van der Waals surface area contributed by atoms with Crippen LogP contribution < -0.4 is 9.73 Å². The Morgan fingerprint density at radius 3 is 2.29 bits per heavy atom. The highest BCUT2D eigenvalue weighted by atomic mass is 35.5. The maximum Gasteiger partial charge on any atom is 0.271 e. The average molecular weight is 549 g/mol. The Morgan fingerprint density at radius 1 is 1.00 bits per heavy atom. The van der Waals surface area contributed by atoms with Gasteiger partial charge in [0.25, 0.3) is 5.91 Å². The molecular formula is C29H29ClN4O3S. The number of hydrogen-bond acceptors (Lipinski definition) is 4. The molecule has 196 valence electrons. The van der Waals surface area contributed by atoms with Crippen molar-refractivity contribution in [2.75, 3.05) is 10.6 Å². The molecule has 0 spiro atoms. The molecule has 4 aromatic rings. The minimum absolute atomic E-state index is 0.204. The van der Waals surface area contributed by atoms with Crippen LogP contribution in [0.5, 0.6) is 0 Å². The Bertz CT molecular complexity index is 1590. The number of benzene rings is 3. The van der Waals surface area contributed by atoms with Gasteiger partial charge in [-0.25, -0.2) is 13.8 Å². The maximum absolute atomic E-state index is 12.7. The van der Waals surface area contributed by atoms with E-state index in [0.717, 1.165) is 33.8 Å². The lowest BCUT2D eigenvalue weighted by atomic mass is 10.1. The third-order valence-electron chi connectivity index (χ3n) is 6.32. The van der Waals surface area contributed by atoms with Crippen molar-refractivity contribution in [1.29, 1.82) is 0 Å². The molecule has 0 fully saturated rings. The van der Waals surface area contributed by atoms with Crippen LogP contribution in [0, 0.1) is 20.8 Å². The second kappa shape index (κ2) is 11.2. The summed E-state index contributed by atoms with van der Waals surface area (Å²) in [5.41, 5.74) is 9.15. The number of carbonyl (C=O) groups is 1. The highest BCUT2D eigenvalue weighted by Crippen LogP contribution is 2.23. The molecule has 7 nitrogen and oxygen atoms in total. The topological polar surface area (TPSA) is 83.8 Å². The van der Waals surface area contributed by atoms with Gasteiger partial charge >= 0.3 is 0 Å². The summed E-state index contributed by atoms with van der Waals surface area (Å²) in [6, 6.07) is 23.6. The standard InChI is InChI=1S/C29H29ClN4O3S/c1-20-7-5-6-8-24(20)19-33(38(4,36)37)27-13-9-23(10-14-27)29(35)32-31-18-25-17-21(2)34(22(25)3)28-15-11-26(30)12-16-28/h5-18H,19H2,1-4H3,(H,32,35)/b31-18-. The molecule has 3 aromatic carbocycles. The monoisotopic (exact) mass is 548 g/mol. The number of rotatable bonds is 8. The molecule has 1 aromatic heterocycles. The second-order valence-corrected chi connectivity index (χ2v) is 11.4. The molecule has 0 aliphatic heterocycles. The zero-order chi connectivity index (χ0) is 27.4. The summed E-state index contributed by atoms with van der Waals surface area (Å²) in [6.07, 6.45) is 2.78. The SMILES string of the molecule is Cc1ccccc1CN(c1ccc(C(=O)N/N=C\c2cc(C)n(-c3ccc(Cl)cc3)c2C)cc1)S(C)(=O)=O. The number of hydrazone groups is 1. The van der Waals surface area contributed by atoms with Crippen molar-refractivity contribution in [3.8, 4) is 5.69 Å². The molecule has 0 saturated carbocycles. The van der Waals surface area contributed by atoms with E-state index in [9.17, 15) is 13.2 Å². The Labute approximate surface area is 228 Å². The van der Waals surface area contributed by atoms with Crippen LogP contribution >= 0.6 is 11.6 Å². The van der Waals surface area contributed by atoms with E-state index in [2.05, 4.69) is 15.1 Å². The van der Waals surface area contributed by atoms with Crippen LogP contribution in [0.4, 0.5) is 5.69 Å². The lowest BCUT2D eigenvalue weighted by Crippen LogP contribution is -2.29. The summed E-state index contributed by atoms with van der Waals surface area (Å²) in [7, 11) is -3.54. The Kier molecular flexibility index (Phi) is 8.04. The number of hydrogen-bond donors (Lipinski definition) is 1. The van der Waals surface area contributed by atoms with Gasteiger partial charge in [0.1, 0.15) is 0 Å². The first kappa shape index (κ1) is 27.2. The van der Waals surface area contributed by atoms with Crippen molar-refractivity contribution < 1.29 is 13.2 Å². The fourth-order valence-corrected chi connectivity index (χ4v) is 5.26. The molecule has 1 amide bonds. The third-order valence-corrected chi connectivity index (χ3v) is 7.71. The lowest BCUT2D eigenvalue weighted by Gasteiger charge is -2.23. The smallest absolute Gasteiger partial charge is 0.271 e. The molecule has 0 unspecified atom stereocenters. The van der Waals surface area contributed by atoms with Crippen LogP contribution in [-0.2, 0) is 16.6 Å². The Morgan fingerprint density at radius 2 is 1.66 bits per heavy atom. The van der Waals surface area contributed by atoms with E-state index < -0.39 is 15.9 Å². The number of halogens is 1. The molecule has 0 radical (unpaired) electrons. The Hall–Kier alpha value is -3.88. The number of nitrogens with one attached hydrogen (secondary N) is 1. The van der Waals surface area contributed by atoms with E-state index in [4.69, 9.17) is 11.6 Å². The van der Waals surface area contributed by atoms with Crippen LogP contribution in [0.2, 0.25) is 5.02 Å². The van der Waals surface area contributed by atoms with Crippen molar-refractivity contribution in [3.63, 3.8) is 0 Å². The van der Waals surface area contributed by atoms with Crippen molar-refractivity contribution >= 4 is 39.4 Å². The molecule has 0 bridgehead atoms. The molecule has 1 heterocycles. The largest absolute Gasteiger partial charge is 0.318 e. The number of nitrogens with zero attached hydrogens (tertiary/aromatic N) is 3. The van der Waals surface area contributed by atoms with Crippen molar-refractivity contribution in [1.82, 2.24) is 9.99 Å². The van der Waals surface area contributed by atoms with Crippen LogP contribution in [0.25, 0.3) is 5.69 Å². The third kappa shape index (κ3) is 6.15. The van der Waals surface area contributed by atoms with Gasteiger partial charge in [-0.05, 0) is 86.5 Å². The van der Waals surface area contributed by atoms with Crippen LogP contribution in [0.3, 0.4) is 0 Å². The van der Waals surface area contributed by atoms with Crippen LogP contribution in [0.15, 0.2) is 84.0 Å². The number of amides is 1. The van der Waals surface area contributed by atoms with Gasteiger partial charge < -0.3 is 4.57 Å². The summed E-state index contributed by atoms with van der Waals surface area (Å²) < 4.78 is 28.5. The maximum atomic E-state index is 12.7. The predicted molar refractivity (Wildman–Crippen MR) is 154 cm³/mol. The first-order valence-electron chi connectivity index (χ1n) is 11.9. The van der Waals surface area contributed by atoms with Crippen molar-refractivity contribution in [2.24, 2.45) is 5.10 Å². The number of anilines is 1. The predicted octanol–water partition coefficient (Wildman–Crippen LogP) is 5.79. The number of carbonyl (C=O) groups excluding carboxylic acids is 1. The minimum Gasteiger partial charge on any atom is -0.318 e. The van der Waals surface area contributed by atoms with Gasteiger partial charge in [-0.2, -0.15) is 5.10 Å². The van der Waals surface area contributed by atoms with Gasteiger partial charge in [0, 0.05) is 33.2 Å². The van der Waals surface area contributed by atoms with Crippen LogP contribution in [0.1, 0.15) is 38.4 Å². The second-order valence-electron chi connectivity index (χ2n) is 9.08. The van der Waals surface area contributed by atoms with Gasteiger partial charge in [-0.3, -0.25) is 9.10 Å². The Balaban J connectivity index is 1.47. The molecule has 4 rings (SSSR count). The van der Waals surface area contributed by atoms with E-state index >= 15 is 0 Å². The summed E-state index contributed by atoms with van der Waals surface area (Å²) in [5.74, 6) is -0.399. The van der Waals surface area contributed by atoms with Gasteiger partial charge in [0.2, 0.25) is 10.0 Å². The zero-order valence-electron chi connectivity index (χ0n) is 21.6. The van der Waals surface area contributed by atoms with Gasteiger partial charge in [-0.15, -0.1) is 0 Å². The molecule has 0 atom stereocenters. The van der Waals surface area contributed by atoms with E-state index in [-0.39, 0.29) is 6.54 Å². The van der Waals surface area contributed by atoms with E-state index in [0.29, 0.717) is 16.3 Å². The van der Waals surface area contributed by atoms with E-state index in [1.165, 1.54) is 10.6 Å². The molecule has 38 heavy (non-hydrogen) atoms. The molecule has 0 aliphatic carbocycles. The van der Waals surface area contributed by atoms with Gasteiger partial charge in [0.15, 0.2) is 0 Å². The van der Waals surface area contributed by atoms with Crippen molar-refractivity contribution in [3.05, 3.63) is 118 Å². The molecular weight excluding hydrogens is 520 g/mol. The highest BCUT2D eigenvalue weighted by molar-refractivity contribution is 7.92. The fraction of sp³-hybridized carbons (Fsp3) is 0.172. The summed E-state index contributed by atoms with van der Waals surface area (Å²) in [4.78, 5) is 12.7. The number of aryl methyl sites for hydroxylation is 2. The van der Waals surface area contributed by atoms with Gasteiger partial charge in [-0.1, -0.05) is 35.9 Å². The van der Waals surface area contributed by atoms with E-state index in [1.807, 2.05) is 75.4 Å². The normalized spacial score (nSPS) is 11.6. The molecule has 1 N–H and O–H groups in total. The lowest BCUT2D eigenvalue weighted by molar-refractivity contribution is 0.0955. The average Bonchev–Trinajstić information content (AvgIpc) is 3.16. The number of aromatic nitrogens is 1. The van der Waals surface area contributed by atoms with Crippen molar-refractivity contribution in [2.45, 2.75) is 27.3 Å².